The quantitative estimate of drug-likeness (QED) is 0.743. The number of nitrogens with zero attached hydrogens (tertiary/aromatic N) is 2. The number of para-hydroxylation sites is 1. The first-order valence-electron chi connectivity index (χ1n) is 9.04. The fraction of sp³-hybridized carbons (Fsp3) is 0.500. The normalized spacial score (nSPS) is 25.4. The molecule has 2 atom stereocenters. The molecule has 0 amide bonds. The molecule has 2 fully saturated rings. The van der Waals surface area contributed by atoms with E-state index in [1.807, 2.05) is 12.1 Å². The molecule has 27 heavy (non-hydrogen) atoms. The molecular weight excluding hydrogens is 388 g/mol. The number of pyridine rings is 1. The molecular formula is C18H22N2O5S2. The second-order valence-electron chi connectivity index (χ2n) is 7.10. The Morgan fingerprint density at radius 2 is 2.00 bits per heavy atom. The summed E-state index contributed by atoms with van der Waals surface area (Å²) in [6, 6.07) is 8.04. The predicted octanol–water partition coefficient (Wildman–Crippen LogP) is 1.59. The van der Waals surface area contributed by atoms with Crippen molar-refractivity contribution in [2.24, 2.45) is 0 Å². The lowest BCUT2D eigenvalue weighted by molar-refractivity contribution is 0.0877. The number of fused-ring (bicyclic) bond motifs is 1. The van der Waals surface area contributed by atoms with E-state index in [0.717, 1.165) is 18.2 Å². The van der Waals surface area contributed by atoms with Crippen LogP contribution in [-0.2, 0) is 24.6 Å². The van der Waals surface area contributed by atoms with Gasteiger partial charge in [0.2, 0.25) is 10.0 Å². The standard InChI is InChI=1S/C18H22N2O5S2/c21-26(22)11-8-15(13-26)20(12-16-6-3-10-25-16)27(23,24)17-7-1-4-14-5-2-9-19-18(14)17/h1-2,4-5,7,9,15-16H,3,6,8,10-13H2/t15-,16+/m0/s1. The summed E-state index contributed by atoms with van der Waals surface area (Å²) in [7, 11) is -7.14. The van der Waals surface area contributed by atoms with Gasteiger partial charge in [0.25, 0.3) is 0 Å². The lowest BCUT2D eigenvalue weighted by atomic mass is 10.2. The van der Waals surface area contributed by atoms with Gasteiger partial charge in [0.15, 0.2) is 9.84 Å². The van der Waals surface area contributed by atoms with E-state index in [-0.39, 0.29) is 29.0 Å². The monoisotopic (exact) mass is 410 g/mol. The summed E-state index contributed by atoms with van der Waals surface area (Å²) in [4.78, 5) is 4.38. The summed E-state index contributed by atoms with van der Waals surface area (Å²) in [5.74, 6) is -0.125. The number of ether oxygens (including phenoxy) is 1. The van der Waals surface area contributed by atoms with Crippen LogP contribution in [0.25, 0.3) is 10.9 Å². The zero-order chi connectivity index (χ0) is 19.1. The molecule has 2 aliphatic rings. The van der Waals surface area contributed by atoms with Crippen molar-refractivity contribution in [2.75, 3.05) is 24.7 Å². The zero-order valence-electron chi connectivity index (χ0n) is 14.8. The SMILES string of the molecule is O=S1(=O)CC[C@H](N(C[C@H]2CCCO2)S(=O)(=O)c2cccc3cccnc23)C1. The molecule has 2 aliphatic heterocycles. The molecule has 7 nitrogen and oxygen atoms in total. The minimum Gasteiger partial charge on any atom is -0.377 e. The number of hydrogen-bond acceptors (Lipinski definition) is 6. The molecule has 0 unspecified atom stereocenters. The highest BCUT2D eigenvalue weighted by atomic mass is 32.2. The highest BCUT2D eigenvalue weighted by Gasteiger charge is 2.41. The van der Waals surface area contributed by atoms with Gasteiger partial charge >= 0.3 is 0 Å². The van der Waals surface area contributed by atoms with Gasteiger partial charge < -0.3 is 4.74 Å². The van der Waals surface area contributed by atoms with E-state index in [9.17, 15) is 16.8 Å². The number of hydrogen-bond donors (Lipinski definition) is 0. The van der Waals surface area contributed by atoms with E-state index in [0.29, 0.717) is 18.5 Å². The van der Waals surface area contributed by atoms with Crippen LogP contribution in [-0.4, -0.2) is 62.9 Å². The highest BCUT2D eigenvalue weighted by Crippen LogP contribution is 2.30. The molecule has 146 valence electrons. The maximum atomic E-state index is 13.6. The average molecular weight is 411 g/mol. The number of benzene rings is 1. The number of sulfonamides is 1. The van der Waals surface area contributed by atoms with Gasteiger partial charge in [-0.2, -0.15) is 4.31 Å². The third-order valence-corrected chi connectivity index (χ3v) is 8.91. The van der Waals surface area contributed by atoms with Gasteiger partial charge in [0, 0.05) is 30.8 Å². The third-order valence-electron chi connectivity index (χ3n) is 5.21. The van der Waals surface area contributed by atoms with E-state index in [4.69, 9.17) is 4.74 Å². The van der Waals surface area contributed by atoms with E-state index >= 15 is 0 Å². The van der Waals surface area contributed by atoms with Crippen molar-refractivity contribution >= 4 is 30.8 Å². The first-order valence-corrected chi connectivity index (χ1v) is 12.3. The van der Waals surface area contributed by atoms with E-state index in [1.165, 1.54) is 10.4 Å². The molecule has 1 aromatic heterocycles. The van der Waals surface area contributed by atoms with Crippen molar-refractivity contribution in [3.63, 3.8) is 0 Å². The van der Waals surface area contributed by atoms with Crippen molar-refractivity contribution in [3.05, 3.63) is 36.5 Å². The minimum absolute atomic E-state index is 0.0169. The van der Waals surface area contributed by atoms with E-state index in [1.54, 1.807) is 18.3 Å². The molecule has 2 saturated heterocycles. The summed E-state index contributed by atoms with van der Waals surface area (Å²) in [5, 5.41) is 0.731. The topological polar surface area (TPSA) is 93.6 Å². The average Bonchev–Trinajstić information content (AvgIpc) is 3.28. The lowest BCUT2D eigenvalue weighted by Gasteiger charge is -2.29. The fourth-order valence-corrected chi connectivity index (χ4v) is 7.52. The van der Waals surface area contributed by atoms with Crippen LogP contribution in [0.5, 0.6) is 0 Å². The minimum atomic E-state index is -3.92. The van der Waals surface area contributed by atoms with Crippen LogP contribution in [0.1, 0.15) is 19.3 Å². The molecule has 4 rings (SSSR count). The van der Waals surface area contributed by atoms with Crippen molar-refractivity contribution in [3.8, 4) is 0 Å². The molecule has 0 bridgehead atoms. The summed E-state index contributed by atoms with van der Waals surface area (Å²) in [6.07, 6.45) is 3.33. The van der Waals surface area contributed by atoms with Crippen LogP contribution in [0.3, 0.4) is 0 Å². The maximum Gasteiger partial charge on any atom is 0.245 e. The van der Waals surface area contributed by atoms with Crippen molar-refractivity contribution in [2.45, 2.75) is 36.3 Å². The van der Waals surface area contributed by atoms with Gasteiger partial charge in [-0.15, -0.1) is 0 Å². The van der Waals surface area contributed by atoms with Gasteiger partial charge in [-0.3, -0.25) is 4.98 Å². The van der Waals surface area contributed by atoms with Gasteiger partial charge in [-0.1, -0.05) is 18.2 Å². The summed E-state index contributed by atoms with van der Waals surface area (Å²) in [5.41, 5.74) is 0.401. The number of aromatic nitrogens is 1. The van der Waals surface area contributed by atoms with Gasteiger partial charge in [-0.25, -0.2) is 16.8 Å². The predicted molar refractivity (Wildman–Crippen MR) is 102 cm³/mol. The van der Waals surface area contributed by atoms with Gasteiger partial charge in [0.05, 0.1) is 23.1 Å². The Bertz CT molecular complexity index is 1040. The lowest BCUT2D eigenvalue weighted by Crippen LogP contribution is -2.45. The van der Waals surface area contributed by atoms with E-state index < -0.39 is 25.9 Å². The molecule has 0 radical (unpaired) electrons. The first-order chi connectivity index (χ1) is 12.9. The number of rotatable bonds is 5. The molecule has 1 aromatic carbocycles. The van der Waals surface area contributed by atoms with Gasteiger partial charge in [0.1, 0.15) is 4.90 Å². The van der Waals surface area contributed by atoms with Crippen LogP contribution >= 0.6 is 0 Å². The Hall–Kier alpha value is -1.55. The Balaban J connectivity index is 1.77. The molecule has 9 heteroatoms. The summed E-state index contributed by atoms with van der Waals surface area (Å²) >= 11 is 0. The Kier molecular flexibility index (Phi) is 4.96. The maximum absolute atomic E-state index is 13.6. The smallest absolute Gasteiger partial charge is 0.245 e. The Labute approximate surface area is 159 Å². The largest absolute Gasteiger partial charge is 0.377 e. The number of sulfone groups is 1. The Morgan fingerprint density at radius 3 is 2.70 bits per heavy atom. The Morgan fingerprint density at radius 1 is 1.19 bits per heavy atom. The summed E-state index contributed by atoms with van der Waals surface area (Å²) < 4.78 is 58.1. The van der Waals surface area contributed by atoms with Crippen molar-refractivity contribution in [1.29, 1.82) is 0 Å². The van der Waals surface area contributed by atoms with Crippen molar-refractivity contribution in [1.82, 2.24) is 9.29 Å². The molecule has 0 N–H and O–H groups in total. The van der Waals surface area contributed by atoms with Crippen LogP contribution in [0, 0.1) is 0 Å². The molecule has 0 saturated carbocycles. The third kappa shape index (κ3) is 3.73. The van der Waals surface area contributed by atoms with Crippen LogP contribution < -0.4 is 0 Å². The second kappa shape index (κ2) is 7.12. The van der Waals surface area contributed by atoms with E-state index in [2.05, 4.69) is 4.98 Å². The van der Waals surface area contributed by atoms with Gasteiger partial charge in [-0.05, 0) is 31.4 Å². The van der Waals surface area contributed by atoms with Crippen LogP contribution in [0.4, 0.5) is 0 Å². The molecule has 2 aromatic rings. The summed E-state index contributed by atoms with van der Waals surface area (Å²) in [6.45, 7) is 0.781. The molecule has 0 spiro atoms. The molecule has 3 heterocycles. The highest BCUT2D eigenvalue weighted by molar-refractivity contribution is 7.92. The molecule has 0 aliphatic carbocycles. The first kappa shape index (κ1) is 18.8. The second-order valence-corrected chi connectivity index (χ2v) is 11.2. The van der Waals surface area contributed by atoms with Crippen LogP contribution in [0.15, 0.2) is 41.4 Å². The zero-order valence-corrected chi connectivity index (χ0v) is 16.5. The fourth-order valence-electron chi connectivity index (χ4n) is 3.85. The van der Waals surface area contributed by atoms with Crippen molar-refractivity contribution < 1.29 is 21.6 Å². The van der Waals surface area contributed by atoms with Crippen LogP contribution in [0.2, 0.25) is 0 Å².